The second-order valence-electron chi connectivity index (χ2n) is 4.76. The van der Waals surface area contributed by atoms with Crippen LogP contribution in [0.5, 0.6) is 0 Å². The second-order valence-corrected chi connectivity index (χ2v) is 6.28. The normalized spacial score (nSPS) is 12.5. The molecule has 1 aromatic carbocycles. The summed E-state index contributed by atoms with van der Waals surface area (Å²) in [6, 6.07) is 10.5. The van der Waals surface area contributed by atoms with Gasteiger partial charge in [0.2, 0.25) is 0 Å². The predicted molar refractivity (Wildman–Crippen MR) is 86.7 cm³/mol. The highest BCUT2D eigenvalue weighted by Gasteiger charge is 2.10. The van der Waals surface area contributed by atoms with Crippen LogP contribution in [0.25, 0.3) is 0 Å². The molecule has 0 fully saturated rings. The minimum Gasteiger partial charge on any atom is -0.472 e. The van der Waals surface area contributed by atoms with Gasteiger partial charge in [-0.1, -0.05) is 24.6 Å². The molecule has 1 heterocycles. The van der Waals surface area contributed by atoms with Crippen molar-refractivity contribution in [3.05, 3.63) is 53.4 Å². The van der Waals surface area contributed by atoms with E-state index in [0.717, 1.165) is 30.2 Å². The molecule has 2 rings (SSSR count). The molecule has 0 amide bonds. The number of thioether (sulfide) groups is 1. The van der Waals surface area contributed by atoms with Crippen molar-refractivity contribution < 1.29 is 4.42 Å². The van der Waals surface area contributed by atoms with Gasteiger partial charge in [-0.25, -0.2) is 0 Å². The summed E-state index contributed by atoms with van der Waals surface area (Å²) in [5.74, 6) is 1.02. The summed E-state index contributed by atoms with van der Waals surface area (Å²) in [5.41, 5.74) is 1.24. The Kier molecular flexibility index (Phi) is 6.51. The first-order chi connectivity index (χ1) is 9.78. The smallest absolute Gasteiger partial charge is 0.0935 e. The topological polar surface area (TPSA) is 25.2 Å². The summed E-state index contributed by atoms with van der Waals surface area (Å²) < 4.78 is 5.15. The van der Waals surface area contributed by atoms with Gasteiger partial charge in [-0.05, 0) is 49.2 Å². The van der Waals surface area contributed by atoms with E-state index < -0.39 is 0 Å². The molecule has 4 heteroatoms. The van der Waals surface area contributed by atoms with E-state index in [1.807, 2.05) is 42.3 Å². The van der Waals surface area contributed by atoms with Gasteiger partial charge in [-0.2, -0.15) is 0 Å². The van der Waals surface area contributed by atoms with E-state index in [-0.39, 0.29) is 0 Å². The van der Waals surface area contributed by atoms with Crippen LogP contribution in [0.4, 0.5) is 0 Å². The van der Waals surface area contributed by atoms with E-state index in [4.69, 9.17) is 16.0 Å². The van der Waals surface area contributed by atoms with Crippen LogP contribution in [-0.2, 0) is 6.42 Å². The van der Waals surface area contributed by atoms with Crippen LogP contribution in [0.3, 0.4) is 0 Å². The summed E-state index contributed by atoms with van der Waals surface area (Å²) in [6.45, 7) is 3.23. The molecule has 20 heavy (non-hydrogen) atoms. The highest BCUT2D eigenvalue weighted by atomic mass is 35.5. The first-order valence-corrected chi connectivity index (χ1v) is 8.27. The van der Waals surface area contributed by atoms with Gasteiger partial charge in [-0.15, -0.1) is 11.8 Å². The maximum absolute atomic E-state index is 6.02. The fourth-order valence-electron chi connectivity index (χ4n) is 1.99. The van der Waals surface area contributed by atoms with E-state index in [1.165, 1.54) is 10.5 Å². The molecule has 0 spiro atoms. The monoisotopic (exact) mass is 309 g/mol. The van der Waals surface area contributed by atoms with Crippen LogP contribution in [0, 0.1) is 0 Å². The summed E-state index contributed by atoms with van der Waals surface area (Å²) in [7, 11) is 0. The van der Waals surface area contributed by atoms with Gasteiger partial charge in [0.05, 0.1) is 12.5 Å². The Balaban J connectivity index is 1.89. The SMILES string of the molecule is CCCNC(CSc1cccc(Cl)c1)Cc1ccoc1. The zero-order valence-electron chi connectivity index (χ0n) is 11.6. The maximum Gasteiger partial charge on any atom is 0.0935 e. The maximum atomic E-state index is 6.02. The number of hydrogen-bond donors (Lipinski definition) is 1. The second kappa shape index (κ2) is 8.40. The zero-order chi connectivity index (χ0) is 14.2. The molecular weight excluding hydrogens is 290 g/mol. The van der Waals surface area contributed by atoms with Crippen molar-refractivity contribution in [3.8, 4) is 0 Å². The van der Waals surface area contributed by atoms with Gasteiger partial charge in [0.1, 0.15) is 0 Å². The van der Waals surface area contributed by atoms with Gasteiger partial charge < -0.3 is 9.73 Å². The average Bonchev–Trinajstić information content (AvgIpc) is 2.95. The van der Waals surface area contributed by atoms with E-state index in [2.05, 4.69) is 18.3 Å². The van der Waals surface area contributed by atoms with Gasteiger partial charge in [0, 0.05) is 21.7 Å². The molecule has 2 aromatic rings. The van der Waals surface area contributed by atoms with Crippen molar-refractivity contribution in [2.45, 2.75) is 30.7 Å². The molecule has 108 valence electrons. The molecule has 0 saturated heterocycles. The van der Waals surface area contributed by atoms with Crippen LogP contribution in [-0.4, -0.2) is 18.3 Å². The molecule has 0 saturated carbocycles. The Labute approximate surface area is 129 Å². The van der Waals surface area contributed by atoms with Crippen molar-refractivity contribution in [1.29, 1.82) is 0 Å². The third kappa shape index (κ3) is 5.23. The van der Waals surface area contributed by atoms with Crippen LogP contribution >= 0.6 is 23.4 Å². The molecule has 0 aliphatic heterocycles. The first kappa shape index (κ1) is 15.5. The Hall–Kier alpha value is -0.900. The van der Waals surface area contributed by atoms with Crippen molar-refractivity contribution in [2.75, 3.05) is 12.3 Å². The van der Waals surface area contributed by atoms with Gasteiger partial charge in [0.25, 0.3) is 0 Å². The summed E-state index contributed by atoms with van der Waals surface area (Å²) in [5, 5.41) is 4.39. The molecule has 0 radical (unpaired) electrons. The number of rotatable bonds is 8. The van der Waals surface area contributed by atoms with Crippen molar-refractivity contribution >= 4 is 23.4 Å². The molecule has 1 atom stereocenters. The molecule has 1 unspecified atom stereocenters. The molecule has 0 aliphatic rings. The highest BCUT2D eigenvalue weighted by molar-refractivity contribution is 7.99. The third-order valence-corrected chi connectivity index (χ3v) is 4.38. The standard InChI is InChI=1S/C16H20ClNOS/c1-2-7-18-15(9-13-6-8-19-11-13)12-20-16-5-3-4-14(17)10-16/h3-6,8,10-11,15,18H,2,7,9,12H2,1H3. The van der Waals surface area contributed by atoms with Crippen molar-refractivity contribution in [1.82, 2.24) is 5.32 Å². The van der Waals surface area contributed by atoms with Crippen molar-refractivity contribution in [3.63, 3.8) is 0 Å². The van der Waals surface area contributed by atoms with Crippen LogP contribution in [0.15, 0.2) is 52.2 Å². The minimum absolute atomic E-state index is 0.441. The van der Waals surface area contributed by atoms with Gasteiger partial charge in [0.15, 0.2) is 0 Å². The zero-order valence-corrected chi connectivity index (χ0v) is 13.2. The number of furan rings is 1. The van der Waals surface area contributed by atoms with Gasteiger partial charge in [-0.3, -0.25) is 0 Å². The molecule has 0 aliphatic carbocycles. The number of halogens is 1. The van der Waals surface area contributed by atoms with Crippen LogP contribution in [0.1, 0.15) is 18.9 Å². The Morgan fingerprint density at radius 3 is 2.95 bits per heavy atom. The third-order valence-electron chi connectivity index (χ3n) is 2.99. The molecule has 1 N–H and O–H groups in total. The molecular formula is C16H20ClNOS. The fraction of sp³-hybridized carbons (Fsp3) is 0.375. The Morgan fingerprint density at radius 2 is 2.25 bits per heavy atom. The van der Waals surface area contributed by atoms with E-state index >= 15 is 0 Å². The summed E-state index contributed by atoms with van der Waals surface area (Å²) in [4.78, 5) is 1.22. The summed E-state index contributed by atoms with van der Waals surface area (Å²) in [6.07, 6.45) is 5.69. The lowest BCUT2D eigenvalue weighted by Crippen LogP contribution is -2.33. The molecule has 0 bridgehead atoms. The summed E-state index contributed by atoms with van der Waals surface area (Å²) >= 11 is 7.85. The van der Waals surface area contributed by atoms with Crippen LogP contribution < -0.4 is 5.32 Å². The molecule has 1 aromatic heterocycles. The number of nitrogens with one attached hydrogen (secondary N) is 1. The number of hydrogen-bond acceptors (Lipinski definition) is 3. The quantitative estimate of drug-likeness (QED) is 0.719. The van der Waals surface area contributed by atoms with Crippen LogP contribution in [0.2, 0.25) is 5.02 Å². The Morgan fingerprint density at radius 1 is 1.35 bits per heavy atom. The lowest BCUT2D eigenvalue weighted by atomic mass is 10.1. The fourth-order valence-corrected chi connectivity index (χ4v) is 3.25. The highest BCUT2D eigenvalue weighted by Crippen LogP contribution is 2.23. The van der Waals surface area contributed by atoms with E-state index in [9.17, 15) is 0 Å². The average molecular weight is 310 g/mol. The van der Waals surface area contributed by atoms with Gasteiger partial charge >= 0.3 is 0 Å². The lowest BCUT2D eigenvalue weighted by molar-refractivity contribution is 0.536. The van der Waals surface area contributed by atoms with Crippen molar-refractivity contribution in [2.24, 2.45) is 0 Å². The first-order valence-electron chi connectivity index (χ1n) is 6.90. The van der Waals surface area contributed by atoms with E-state index in [1.54, 1.807) is 6.26 Å². The minimum atomic E-state index is 0.441. The largest absolute Gasteiger partial charge is 0.472 e. The lowest BCUT2D eigenvalue weighted by Gasteiger charge is -2.17. The molecule has 2 nitrogen and oxygen atoms in total. The number of benzene rings is 1. The van der Waals surface area contributed by atoms with E-state index in [0.29, 0.717) is 6.04 Å². The predicted octanol–water partition coefficient (Wildman–Crippen LogP) is 4.64. The Bertz CT molecular complexity index is 501.